The molecule has 150 valence electrons. The molecule has 0 unspecified atom stereocenters. The van der Waals surface area contributed by atoms with E-state index in [4.69, 9.17) is 20.8 Å². The minimum atomic E-state index is -0.183. The van der Waals surface area contributed by atoms with Crippen LogP contribution in [0.2, 0.25) is 5.02 Å². The molecule has 3 aromatic rings. The summed E-state index contributed by atoms with van der Waals surface area (Å²) < 4.78 is 11.7. The van der Waals surface area contributed by atoms with Crippen molar-refractivity contribution in [3.8, 4) is 0 Å². The summed E-state index contributed by atoms with van der Waals surface area (Å²) in [6, 6.07) is 9.06. The second-order valence-corrected chi connectivity index (χ2v) is 7.74. The number of halogens is 2. The fourth-order valence-electron chi connectivity index (χ4n) is 3.11. The normalized spacial score (nSPS) is 14.8. The summed E-state index contributed by atoms with van der Waals surface area (Å²) in [5, 5.41) is 1.23. The minimum absolute atomic E-state index is 0. The molecular formula is C19H21Cl2N3O3S. The Morgan fingerprint density at radius 3 is 2.79 bits per heavy atom. The van der Waals surface area contributed by atoms with Gasteiger partial charge in [-0.15, -0.1) is 12.4 Å². The average molecular weight is 442 g/mol. The van der Waals surface area contributed by atoms with Gasteiger partial charge >= 0.3 is 0 Å². The summed E-state index contributed by atoms with van der Waals surface area (Å²) in [5.74, 6) is 0.129. The van der Waals surface area contributed by atoms with Gasteiger partial charge < -0.3 is 9.15 Å². The summed E-state index contributed by atoms with van der Waals surface area (Å²) in [7, 11) is 0. The van der Waals surface area contributed by atoms with Gasteiger partial charge in [-0.25, -0.2) is 4.98 Å². The third kappa shape index (κ3) is 4.67. The number of carbonyl (C=O) groups is 1. The van der Waals surface area contributed by atoms with Gasteiger partial charge in [-0.1, -0.05) is 29.0 Å². The lowest BCUT2D eigenvalue weighted by molar-refractivity contribution is 0.0376. The summed E-state index contributed by atoms with van der Waals surface area (Å²) in [4.78, 5) is 21.7. The van der Waals surface area contributed by atoms with E-state index in [9.17, 15) is 4.79 Å². The fraction of sp³-hybridized carbons (Fsp3) is 0.368. The molecule has 0 saturated carbocycles. The van der Waals surface area contributed by atoms with Crippen molar-refractivity contribution >= 4 is 56.6 Å². The molecular weight excluding hydrogens is 421 g/mol. The monoisotopic (exact) mass is 441 g/mol. The Kier molecular flexibility index (Phi) is 7.31. The summed E-state index contributed by atoms with van der Waals surface area (Å²) >= 11 is 7.73. The highest BCUT2D eigenvalue weighted by atomic mass is 35.5. The Morgan fingerprint density at radius 1 is 1.25 bits per heavy atom. The van der Waals surface area contributed by atoms with Gasteiger partial charge in [0.05, 0.1) is 29.2 Å². The molecule has 3 heterocycles. The van der Waals surface area contributed by atoms with Gasteiger partial charge in [0.1, 0.15) is 5.52 Å². The van der Waals surface area contributed by atoms with E-state index >= 15 is 0 Å². The van der Waals surface area contributed by atoms with Crippen LogP contribution in [0.4, 0.5) is 5.13 Å². The number of amides is 1. The Balaban J connectivity index is 0.00000225. The van der Waals surface area contributed by atoms with E-state index < -0.39 is 0 Å². The van der Waals surface area contributed by atoms with Crippen LogP contribution in [0.3, 0.4) is 0 Å². The van der Waals surface area contributed by atoms with Gasteiger partial charge in [0.15, 0.2) is 10.9 Å². The lowest BCUT2D eigenvalue weighted by atomic mass is 10.3. The van der Waals surface area contributed by atoms with Crippen LogP contribution in [-0.2, 0) is 4.74 Å². The maximum absolute atomic E-state index is 13.0. The van der Waals surface area contributed by atoms with Crippen molar-refractivity contribution in [2.45, 2.75) is 6.42 Å². The predicted octanol–water partition coefficient (Wildman–Crippen LogP) is 4.33. The van der Waals surface area contributed by atoms with Crippen molar-refractivity contribution in [3.63, 3.8) is 0 Å². The number of anilines is 1. The van der Waals surface area contributed by atoms with Gasteiger partial charge in [-0.2, -0.15) is 0 Å². The molecule has 1 saturated heterocycles. The summed E-state index contributed by atoms with van der Waals surface area (Å²) in [6.07, 6.45) is 2.35. The number of furan rings is 1. The zero-order valence-corrected chi connectivity index (χ0v) is 17.6. The molecule has 1 aliphatic rings. The maximum atomic E-state index is 13.0. The van der Waals surface area contributed by atoms with Crippen LogP contribution in [0.15, 0.2) is 41.0 Å². The number of benzene rings is 1. The first-order chi connectivity index (χ1) is 13.2. The summed E-state index contributed by atoms with van der Waals surface area (Å²) in [6.45, 7) is 4.88. The Bertz CT molecular complexity index is 910. The second kappa shape index (κ2) is 9.71. The number of ether oxygens (including phenoxy) is 1. The molecule has 0 bridgehead atoms. The van der Waals surface area contributed by atoms with Crippen molar-refractivity contribution in [2.24, 2.45) is 0 Å². The highest BCUT2D eigenvalue weighted by Gasteiger charge is 2.24. The molecule has 1 amide bonds. The van der Waals surface area contributed by atoms with Crippen molar-refractivity contribution in [1.29, 1.82) is 0 Å². The van der Waals surface area contributed by atoms with Crippen LogP contribution < -0.4 is 4.90 Å². The number of hydrogen-bond acceptors (Lipinski definition) is 6. The topological polar surface area (TPSA) is 58.8 Å². The zero-order valence-electron chi connectivity index (χ0n) is 15.2. The fourth-order valence-corrected chi connectivity index (χ4v) is 4.40. The number of thiazole rings is 1. The maximum Gasteiger partial charge on any atom is 0.295 e. The molecule has 0 spiro atoms. The Labute approximate surface area is 178 Å². The third-order valence-corrected chi connectivity index (χ3v) is 5.87. The van der Waals surface area contributed by atoms with E-state index in [-0.39, 0.29) is 18.3 Å². The van der Waals surface area contributed by atoms with Crippen molar-refractivity contribution in [2.75, 3.05) is 44.3 Å². The lowest BCUT2D eigenvalue weighted by Gasteiger charge is -2.27. The van der Waals surface area contributed by atoms with Gasteiger partial charge in [0.2, 0.25) is 0 Å². The molecule has 6 nitrogen and oxygen atoms in total. The first kappa shape index (κ1) is 21.1. The molecule has 1 aromatic carbocycles. The molecule has 0 N–H and O–H groups in total. The Hall–Kier alpha value is -1.64. The van der Waals surface area contributed by atoms with Crippen LogP contribution >= 0.6 is 35.3 Å². The average Bonchev–Trinajstić information content (AvgIpc) is 3.36. The number of aromatic nitrogens is 1. The number of nitrogens with zero attached hydrogens (tertiary/aromatic N) is 3. The molecule has 1 aliphatic heterocycles. The van der Waals surface area contributed by atoms with Crippen LogP contribution in [0.5, 0.6) is 0 Å². The highest BCUT2D eigenvalue weighted by Crippen LogP contribution is 2.33. The molecule has 0 radical (unpaired) electrons. The third-order valence-electron chi connectivity index (χ3n) is 4.53. The molecule has 1 fully saturated rings. The SMILES string of the molecule is Cl.O=C(c1ccco1)N(CCCN1CCOCC1)c1nc2c(Cl)cccc2s1. The van der Waals surface area contributed by atoms with Gasteiger partial charge in [-0.3, -0.25) is 14.6 Å². The molecule has 0 atom stereocenters. The van der Waals surface area contributed by atoms with Gasteiger partial charge in [0.25, 0.3) is 5.91 Å². The predicted molar refractivity (Wildman–Crippen MR) is 114 cm³/mol. The molecule has 28 heavy (non-hydrogen) atoms. The quantitative estimate of drug-likeness (QED) is 0.569. The van der Waals surface area contributed by atoms with Gasteiger partial charge in [-0.05, 0) is 30.7 Å². The second-order valence-electron chi connectivity index (χ2n) is 6.32. The van der Waals surface area contributed by atoms with E-state index in [1.165, 1.54) is 17.6 Å². The number of para-hydroxylation sites is 1. The van der Waals surface area contributed by atoms with Crippen LogP contribution in [0.25, 0.3) is 10.2 Å². The van der Waals surface area contributed by atoms with E-state index in [1.54, 1.807) is 17.0 Å². The summed E-state index contributed by atoms with van der Waals surface area (Å²) in [5.41, 5.74) is 0.726. The van der Waals surface area contributed by atoms with Gasteiger partial charge in [0, 0.05) is 26.2 Å². The van der Waals surface area contributed by atoms with Crippen LogP contribution in [-0.4, -0.2) is 55.2 Å². The minimum Gasteiger partial charge on any atom is -0.459 e. The number of carbonyl (C=O) groups excluding carboxylic acids is 1. The van der Waals surface area contributed by atoms with Crippen molar-refractivity contribution in [3.05, 3.63) is 47.4 Å². The zero-order chi connectivity index (χ0) is 18.6. The number of fused-ring (bicyclic) bond motifs is 1. The number of hydrogen-bond donors (Lipinski definition) is 0. The largest absolute Gasteiger partial charge is 0.459 e. The van der Waals surface area contributed by atoms with Crippen LogP contribution in [0.1, 0.15) is 17.0 Å². The van der Waals surface area contributed by atoms with Crippen molar-refractivity contribution in [1.82, 2.24) is 9.88 Å². The van der Waals surface area contributed by atoms with Crippen LogP contribution in [0, 0.1) is 0 Å². The lowest BCUT2D eigenvalue weighted by Crippen LogP contribution is -2.39. The molecule has 9 heteroatoms. The standard InChI is InChI=1S/C19H20ClN3O3S.ClH/c20-14-4-1-6-16-17(14)21-19(27-16)23(18(24)15-5-2-11-26-15)8-3-7-22-9-12-25-13-10-22;/h1-2,4-6,11H,3,7-10,12-13H2;1H. The van der Waals surface area contributed by atoms with E-state index in [1.807, 2.05) is 18.2 Å². The first-order valence-corrected chi connectivity index (χ1v) is 10.1. The molecule has 0 aliphatic carbocycles. The van der Waals surface area contributed by atoms with Crippen molar-refractivity contribution < 1.29 is 13.9 Å². The highest BCUT2D eigenvalue weighted by molar-refractivity contribution is 7.22. The first-order valence-electron chi connectivity index (χ1n) is 8.93. The van der Waals surface area contributed by atoms with E-state index in [0.717, 1.165) is 49.5 Å². The Morgan fingerprint density at radius 2 is 2.07 bits per heavy atom. The number of rotatable bonds is 6. The number of morpholine rings is 1. The smallest absolute Gasteiger partial charge is 0.295 e. The molecule has 2 aromatic heterocycles. The van der Waals surface area contributed by atoms with E-state index in [2.05, 4.69) is 9.88 Å². The van der Waals surface area contributed by atoms with E-state index in [0.29, 0.717) is 22.5 Å². The molecule has 4 rings (SSSR count).